The van der Waals surface area contributed by atoms with Gasteiger partial charge in [-0.3, -0.25) is 9.69 Å². The first kappa shape index (κ1) is 23.4. The Labute approximate surface area is 206 Å². The standard InChI is InChI=1S/C28H34N6O/c1-19(2)26(27-30-31-32-34(27)24-11-7-8-12-24)33(17-21-9-5-4-6-10-21)18-23-16-22-15-20(3)13-14-25(22)29-28(23)35/h4-6,9-10,13-16,19,24,26H,7-8,11-12,17-18H2,1-3H3,(H,29,35)/t26-/m0/s1. The molecule has 0 bridgehead atoms. The summed E-state index contributed by atoms with van der Waals surface area (Å²) in [5.41, 5.74) is 3.95. The second-order valence-corrected chi connectivity index (χ2v) is 10.2. The van der Waals surface area contributed by atoms with Gasteiger partial charge < -0.3 is 4.98 Å². The molecule has 4 aromatic rings. The summed E-state index contributed by atoms with van der Waals surface area (Å²) in [6.07, 6.45) is 4.67. The van der Waals surface area contributed by atoms with E-state index in [0.717, 1.165) is 35.1 Å². The molecule has 35 heavy (non-hydrogen) atoms. The Morgan fingerprint density at radius 3 is 2.57 bits per heavy atom. The van der Waals surface area contributed by atoms with Crippen molar-refractivity contribution in [3.8, 4) is 0 Å². The zero-order chi connectivity index (χ0) is 24.4. The molecule has 2 aromatic heterocycles. The molecular formula is C28H34N6O. The maximum absolute atomic E-state index is 13.1. The fourth-order valence-electron chi connectivity index (χ4n) is 5.47. The van der Waals surface area contributed by atoms with E-state index in [1.807, 2.05) is 24.3 Å². The third-order valence-electron chi connectivity index (χ3n) is 7.16. The number of nitrogens with zero attached hydrogens (tertiary/aromatic N) is 5. The van der Waals surface area contributed by atoms with Gasteiger partial charge in [0.2, 0.25) is 0 Å². The van der Waals surface area contributed by atoms with E-state index in [1.165, 1.54) is 24.0 Å². The first-order chi connectivity index (χ1) is 17.0. The summed E-state index contributed by atoms with van der Waals surface area (Å²) >= 11 is 0. The predicted octanol–water partition coefficient (Wildman–Crippen LogP) is 5.34. The average Bonchev–Trinajstić information content (AvgIpc) is 3.52. The van der Waals surface area contributed by atoms with Crippen LogP contribution in [0.25, 0.3) is 10.9 Å². The van der Waals surface area contributed by atoms with E-state index in [2.05, 4.69) is 81.2 Å². The minimum absolute atomic E-state index is 0.0292. The summed E-state index contributed by atoms with van der Waals surface area (Å²) < 4.78 is 2.06. The molecule has 1 saturated carbocycles. The van der Waals surface area contributed by atoms with Crippen molar-refractivity contribution < 1.29 is 0 Å². The Morgan fingerprint density at radius 1 is 1.06 bits per heavy atom. The van der Waals surface area contributed by atoms with Crippen LogP contribution in [0.15, 0.2) is 59.4 Å². The lowest BCUT2D eigenvalue weighted by Crippen LogP contribution is -2.35. The molecule has 2 aromatic carbocycles. The number of nitrogens with one attached hydrogen (secondary N) is 1. The number of benzene rings is 2. The number of aryl methyl sites for hydroxylation is 1. The first-order valence-corrected chi connectivity index (χ1v) is 12.7. The van der Waals surface area contributed by atoms with Gasteiger partial charge in [0.1, 0.15) is 0 Å². The Morgan fingerprint density at radius 2 is 1.83 bits per heavy atom. The number of fused-ring (bicyclic) bond motifs is 1. The normalized spacial score (nSPS) is 15.5. The predicted molar refractivity (Wildman–Crippen MR) is 138 cm³/mol. The Kier molecular flexibility index (Phi) is 6.77. The van der Waals surface area contributed by atoms with Crippen molar-refractivity contribution in [2.45, 2.75) is 71.6 Å². The molecule has 7 nitrogen and oxygen atoms in total. The topological polar surface area (TPSA) is 79.7 Å². The molecule has 5 rings (SSSR count). The Bertz CT molecular complexity index is 1340. The van der Waals surface area contributed by atoms with Crippen LogP contribution in [-0.2, 0) is 13.1 Å². The van der Waals surface area contributed by atoms with Gasteiger partial charge in [-0.1, -0.05) is 68.7 Å². The fraction of sp³-hybridized carbons (Fsp3) is 0.429. The molecule has 0 spiro atoms. The monoisotopic (exact) mass is 470 g/mol. The average molecular weight is 471 g/mol. The van der Waals surface area contributed by atoms with E-state index in [4.69, 9.17) is 0 Å². The van der Waals surface area contributed by atoms with Gasteiger partial charge in [-0.05, 0) is 65.3 Å². The number of rotatable bonds is 8. The highest BCUT2D eigenvalue weighted by Gasteiger charge is 2.32. The van der Waals surface area contributed by atoms with Crippen molar-refractivity contribution in [3.05, 3.63) is 87.5 Å². The van der Waals surface area contributed by atoms with E-state index in [9.17, 15) is 4.79 Å². The maximum Gasteiger partial charge on any atom is 0.252 e. The van der Waals surface area contributed by atoms with Crippen LogP contribution in [0, 0.1) is 12.8 Å². The number of hydrogen-bond donors (Lipinski definition) is 1. The Balaban J connectivity index is 1.56. The fourth-order valence-corrected chi connectivity index (χ4v) is 5.47. The molecule has 7 heteroatoms. The molecule has 0 aliphatic heterocycles. The smallest absolute Gasteiger partial charge is 0.252 e. The van der Waals surface area contributed by atoms with Gasteiger partial charge in [-0.2, -0.15) is 0 Å². The molecule has 0 unspecified atom stereocenters. The molecule has 1 N–H and O–H groups in total. The highest BCUT2D eigenvalue weighted by atomic mass is 16.1. The number of aromatic nitrogens is 5. The third-order valence-corrected chi connectivity index (χ3v) is 7.16. The highest BCUT2D eigenvalue weighted by molar-refractivity contribution is 5.79. The lowest BCUT2D eigenvalue weighted by atomic mass is 9.99. The number of tetrazole rings is 1. The number of hydrogen-bond acceptors (Lipinski definition) is 5. The van der Waals surface area contributed by atoms with Gasteiger partial charge in [-0.25, -0.2) is 4.68 Å². The van der Waals surface area contributed by atoms with Crippen LogP contribution in [0.4, 0.5) is 0 Å². The largest absolute Gasteiger partial charge is 0.322 e. The van der Waals surface area contributed by atoms with Crippen molar-refractivity contribution >= 4 is 10.9 Å². The van der Waals surface area contributed by atoms with Gasteiger partial charge in [0.25, 0.3) is 5.56 Å². The minimum atomic E-state index is -0.0442. The van der Waals surface area contributed by atoms with E-state index in [1.54, 1.807) is 0 Å². The summed E-state index contributed by atoms with van der Waals surface area (Å²) in [6.45, 7) is 7.71. The van der Waals surface area contributed by atoms with E-state index >= 15 is 0 Å². The molecule has 0 saturated heterocycles. The van der Waals surface area contributed by atoms with Crippen LogP contribution >= 0.6 is 0 Å². The molecule has 1 fully saturated rings. The molecule has 0 amide bonds. The molecular weight excluding hydrogens is 436 g/mol. The first-order valence-electron chi connectivity index (χ1n) is 12.7. The van der Waals surface area contributed by atoms with Crippen LogP contribution in [0.3, 0.4) is 0 Å². The number of pyridine rings is 1. The van der Waals surface area contributed by atoms with Crippen LogP contribution in [0.1, 0.15) is 74.1 Å². The molecule has 2 heterocycles. The van der Waals surface area contributed by atoms with Crippen LogP contribution in [-0.4, -0.2) is 30.1 Å². The minimum Gasteiger partial charge on any atom is -0.322 e. The van der Waals surface area contributed by atoms with Gasteiger partial charge in [0.05, 0.1) is 12.1 Å². The van der Waals surface area contributed by atoms with Crippen molar-refractivity contribution in [2.24, 2.45) is 5.92 Å². The second-order valence-electron chi connectivity index (χ2n) is 10.2. The molecule has 1 atom stereocenters. The van der Waals surface area contributed by atoms with Crippen molar-refractivity contribution in [2.75, 3.05) is 0 Å². The van der Waals surface area contributed by atoms with Gasteiger partial charge in [0.15, 0.2) is 5.82 Å². The quantitative estimate of drug-likeness (QED) is 0.376. The van der Waals surface area contributed by atoms with Gasteiger partial charge in [0, 0.05) is 24.2 Å². The van der Waals surface area contributed by atoms with Crippen molar-refractivity contribution in [1.82, 2.24) is 30.1 Å². The lowest BCUT2D eigenvalue weighted by Gasteiger charge is -2.34. The molecule has 1 aliphatic rings. The summed E-state index contributed by atoms with van der Waals surface area (Å²) in [6, 6.07) is 18.9. The van der Waals surface area contributed by atoms with E-state index in [-0.39, 0.29) is 17.5 Å². The molecule has 1 aliphatic carbocycles. The second kappa shape index (κ2) is 10.1. The van der Waals surface area contributed by atoms with E-state index < -0.39 is 0 Å². The molecule has 182 valence electrons. The van der Waals surface area contributed by atoms with Crippen LogP contribution in [0.5, 0.6) is 0 Å². The van der Waals surface area contributed by atoms with Crippen molar-refractivity contribution in [3.63, 3.8) is 0 Å². The summed E-state index contributed by atoms with van der Waals surface area (Å²) in [5.74, 6) is 1.16. The van der Waals surface area contributed by atoms with E-state index in [0.29, 0.717) is 19.1 Å². The van der Waals surface area contributed by atoms with Gasteiger partial charge >= 0.3 is 0 Å². The molecule has 0 radical (unpaired) electrons. The third kappa shape index (κ3) is 5.05. The maximum atomic E-state index is 13.1. The SMILES string of the molecule is Cc1ccc2[nH]c(=O)c(CN(Cc3ccccc3)[C@H](c3nnnn3C3CCCC3)C(C)C)cc2c1. The lowest BCUT2D eigenvalue weighted by molar-refractivity contribution is 0.123. The zero-order valence-corrected chi connectivity index (χ0v) is 20.8. The van der Waals surface area contributed by atoms with Crippen LogP contribution in [0.2, 0.25) is 0 Å². The zero-order valence-electron chi connectivity index (χ0n) is 20.8. The van der Waals surface area contributed by atoms with Crippen LogP contribution < -0.4 is 5.56 Å². The summed E-state index contributed by atoms with van der Waals surface area (Å²) in [4.78, 5) is 18.6. The van der Waals surface area contributed by atoms with Crippen molar-refractivity contribution in [1.29, 1.82) is 0 Å². The number of aromatic amines is 1. The summed E-state index contributed by atoms with van der Waals surface area (Å²) in [5, 5.41) is 14.1. The summed E-state index contributed by atoms with van der Waals surface area (Å²) in [7, 11) is 0. The van der Waals surface area contributed by atoms with Gasteiger partial charge in [-0.15, -0.1) is 5.10 Å². The number of H-pyrrole nitrogens is 1. The Hall–Kier alpha value is -3.32. The highest BCUT2D eigenvalue weighted by Crippen LogP contribution is 2.35.